The Morgan fingerprint density at radius 1 is 0.649 bits per heavy atom. The van der Waals surface area contributed by atoms with E-state index in [0.29, 0.717) is 71.2 Å². The Bertz CT molecular complexity index is 761. The normalized spacial score (nSPS) is 11.8. The molecule has 0 aromatic carbocycles. The molecule has 0 fully saturated rings. The highest BCUT2D eigenvalue weighted by Crippen LogP contribution is 2.15. The number of nitrogens with zero attached hydrogens (tertiary/aromatic N) is 5. The van der Waals surface area contributed by atoms with Crippen molar-refractivity contribution in [3.05, 3.63) is 10.4 Å². The summed E-state index contributed by atoms with van der Waals surface area (Å²) in [6.07, 6.45) is 2.56. The highest BCUT2D eigenvalue weighted by atomic mass is 16.6. The van der Waals surface area contributed by atoms with Crippen molar-refractivity contribution in [3.63, 3.8) is 0 Å². The number of hydrogen-bond acceptors (Lipinski definition) is 7. The summed E-state index contributed by atoms with van der Waals surface area (Å²) in [5.74, 6) is -0.251. The van der Waals surface area contributed by atoms with Gasteiger partial charge in [-0.1, -0.05) is 5.11 Å². The zero-order valence-electron chi connectivity index (χ0n) is 24.5. The first-order chi connectivity index (χ1) is 16.9. The fourth-order valence-corrected chi connectivity index (χ4v) is 3.19. The second-order valence-corrected chi connectivity index (χ2v) is 12.0. The first-order valence-corrected chi connectivity index (χ1v) is 13.1. The third-order valence-electron chi connectivity index (χ3n) is 4.64. The summed E-state index contributed by atoms with van der Waals surface area (Å²) in [4.78, 5) is 43.3. The number of unbranched alkanes of at least 4 members (excludes halogenated alkanes) is 2. The number of carbonyl (C=O) groups excluding carboxylic acids is 3. The van der Waals surface area contributed by atoms with E-state index in [9.17, 15) is 14.4 Å². The Morgan fingerprint density at radius 2 is 1.03 bits per heavy atom. The molecule has 11 heteroatoms. The smallest absolute Gasteiger partial charge is 0.410 e. The van der Waals surface area contributed by atoms with Gasteiger partial charge in [0.2, 0.25) is 0 Å². The molecule has 0 aromatic heterocycles. The third-order valence-corrected chi connectivity index (χ3v) is 4.64. The summed E-state index contributed by atoms with van der Waals surface area (Å²) in [5.41, 5.74) is 6.72. The van der Waals surface area contributed by atoms with Crippen LogP contribution in [0.2, 0.25) is 0 Å². The summed E-state index contributed by atoms with van der Waals surface area (Å²) in [6, 6.07) is 0. The van der Waals surface area contributed by atoms with Gasteiger partial charge in [-0.25, -0.2) is 9.59 Å². The van der Waals surface area contributed by atoms with E-state index < -0.39 is 29.0 Å². The highest BCUT2D eigenvalue weighted by Gasteiger charge is 2.24. The largest absolute Gasteiger partial charge is 0.460 e. The van der Waals surface area contributed by atoms with Gasteiger partial charge < -0.3 is 24.0 Å². The van der Waals surface area contributed by atoms with E-state index in [1.54, 1.807) is 9.80 Å². The molecule has 37 heavy (non-hydrogen) atoms. The topological polar surface area (TPSA) is 134 Å². The van der Waals surface area contributed by atoms with Gasteiger partial charge in [0.1, 0.15) is 16.8 Å². The number of rotatable bonds is 14. The molecule has 0 atom stereocenters. The predicted molar refractivity (Wildman–Crippen MR) is 143 cm³/mol. The molecule has 0 aromatic rings. The summed E-state index contributed by atoms with van der Waals surface area (Å²) in [6.45, 7) is 18.5. The molecule has 0 rings (SSSR count). The minimum absolute atomic E-state index is 0.251. The molecular weight excluding hydrogens is 478 g/mol. The van der Waals surface area contributed by atoms with E-state index in [2.05, 4.69) is 10.0 Å². The van der Waals surface area contributed by atoms with Crippen LogP contribution in [0.25, 0.3) is 10.4 Å². The lowest BCUT2D eigenvalue weighted by Crippen LogP contribution is -2.39. The van der Waals surface area contributed by atoms with Crippen molar-refractivity contribution in [2.24, 2.45) is 5.11 Å². The van der Waals surface area contributed by atoms with Crippen LogP contribution >= 0.6 is 0 Å². The second-order valence-electron chi connectivity index (χ2n) is 12.0. The molecule has 2 amide bonds. The maximum Gasteiger partial charge on any atom is 0.410 e. The van der Waals surface area contributed by atoms with E-state index in [1.807, 2.05) is 62.3 Å². The van der Waals surface area contributed by atoms with Crippen molar-refractivity contribution in [2.75, 3.05) is 32.7 Å². The predicted octanol–water partition coefficient (Wildman–Crippen LogP) is 6.45. The standard InChI is InChI=1S/C26H49N5O6/c1-24(2,3)35-21(32)15-10-11-17-30(22(33)36-25(4,5)6)18-12-13-19-31(20-14-16-28-29-27)23(34)37-26(7,8)9/h10-20H2,1-9H3. The lowest BCUT2D eigenvalue weighted by atomic mass is 10.2. The first kappa shape index (κ1) is 34.3. The Balaban J connectivity index is 4.92. The molecule has 0 bridgehead atoms. The van der Waals surface area contributed by atoms with Gasteiger partial charge >= 0.3 is 18.2 Å². The first-order valence-electron chi connectivity index (χ1n) is 13.1. The molecule has 0 aliphatic heterocycles. The monoisotopic (exact) mass is 527 g/mol. The van der Waals surface area contributed by atoms with Gasteiger partial charge in [-0.3, -0.25) is 4.79 Å². The average molecular weight is 528 g/mol. The highest BCUT2D eigenvalue weighted by molar-refractivity contribution is 5.70. The fraction of sp³-hybridized carbons (Fsp3) is 0.885. The molecule has 0 radical (unpaired) electrons. The lowest BCUT2D eigenvalue weighted by Gasteiger charge is -2.29. The number of amides is 2. The summed E-state index contributed by atoms with van der Waals surface area (Å²) in [7, 11) is 0. The van der Waals surface area contributed by atoms with Gasteiger partial charge in [0.15, 0.2) is 0 Å². The summed E-state index contributed by atoms with van der Waals surface area (Å²) < 4.78 is 16.4. The van der Waals surface area contributed by atoms with Crippen LogP contribution in [-0.4, -0.2) is 77.5 Å². The Kier molecular flexibility index (Phi) is 15.0. The number of esters is 1. The summed E-state index contributed by atoms with van der Waals surface area (Å²) >= 11 is 0. The molecule has 11 nitrogen and oxygen atoms in total. The minimum Gasteiger partial charge on any atom is -0.460 e. The molecule has 0 saturated carbocycles. The Hall–Kier alpha value is -2.68. The van der Waals surface area contributed by atoms with Gasteiger partial charge in [-0.2, -0.15) is 0 Å². The minimum atomic E-state index is -0.620. The average Bonchev–Trinajstić information content (AvgIpc) is 2.69. The molecule has 0 aliphatic rings. The van der Waals surface area contributed by atoms with E-state index in [0.717, 1.165) is 0 Å². The van der Waals surface area contributed by atoms with Crippen LogP contribution in [0.4, 0.5) is 9.59 Å². The van der Waals surface area contributed by atoms with Crippen molar-refractivity contribution in [1.29, 1.82) is 0 Å². The molecule has 0 unspecified atom stereocenters. The van der Waals surface area contributed by atoms with Crippen LogP contribution < -0.4 is 0 Å². The molecule has 0 saturated heterocycles. The van der Waals surface area contributed by atoms with Gasteiger partial charge in [0, 0.05) is 44.1 Å². The third kappa shape index (κ3) is 20.1. The zero-order valence-corrected chi connectivity index (χ0v) is 24.5. The number of carbonyl (C=O) groups is 3. The molecule has 0 heterocycles. The number of ether oxygens (including phenoxy) is 3. The summed E-state index contributed by atoms with van der Waals surface area (Å²) in [5, 5.41) is 3.52. The van der Waals surface area contributed by atoms with E-state index in [1.165, 1.54) is 0 Å². The van der Waals surface area contributed by atoms with Crippen LogP contribution in [0.5, 0.6) is 0 Å². The van der Waals surface area contributed by atoms with Crippen molar-refractivity contribution in [1.82, 2.24) is 9.80 Å². The van der Waals surface area contributed by atoms with Gasteiger partial charge in [0.25, 0.3) is 0 Å². The van der Waals surface area contributed by atoms with Crippen LogP contribution in [0.15, 0.2) is 5.11 Å². The Labute approximate surface area is 222 Å². The molecule has 0 N–H and O–H groups in total. The number of azide groups is 1. The van der Waals surface area contributed by atoms with Crippen LogP contribution in [-0.2, 0) is 19.0 Å². The van der Waals surface area contributed by atoms with Crippen molar-refractivity contribution in [2.45, 2.75) is 118 Å². The van der Waals surface area contributed by atoms with Gasteiger partial charge in [-0.15, -0.1) is 0 Å². The Morgan fingerprint density at radius 3 is 1.41 bits per heavy atom. The van der Waals surface area contributed by atoms with Crippen molar-refractivity contribution >= 4 is 18.2 Å². The molecule has 214 valence electrons. The van der Waals surface area contributed by atoms with Gasteiger partial charge in [0.05, 0.1) is 0 Å². The van der Waals surface area contributed by atoms with Crippen molar-refractivity contribution in [3.8, 4) is 0 Å². The van der Waals surface area contributed by atoms with Gasteiger partial charge in [-0.05, 0) is 99.9 Å². The van der Waals surface area contributed by atoms with Crippen molar-refractivity contribution < 1.29 is 28.6 Å². The number of hydrogen-bond donors (Lipinski definition) is 0. The molecule has 0 aliphatic carbocycles. The van der Waals surface area contributed by atoms with Crippen LogP contribution in [0.1, 0.15) is 101 Å². The van der Waals surface area contributed by atoms with E-state index >= 15 is 0 Å². The van der Waals surface area contributed by atoms with Crippen LogP contribution in [0, 0.1) is 0 Å². The molecule has 0 spiro atoms. The maximum atomic E-state index is 12.8. The maximum absolute atomic E-state index is 12.8. The van der Waals surface area contributed by atoms with E-state index in [-0.39, 0.29) is 5.97 Å². The molecular formula is C26H49N5O6. The lowest BCUT2D eigenvalue weighted by molar-refractivity contribution is -0.154. The zero-order chi connectivity index (χ0) is 28.7. The van der Waals surface area contributed by atoms with Crippen LogP contribution in [0.3, 0.4) is 0 Å². The van der Waals surface area contributed by atoms with E-state index in [4.69, 9.17) is 19.7 Å². The fourth-order valence-electron chi connectivity index (χ4n) is 3.19. The second kappa shape index (κ2) is 16.2. The SMILES string of the molecule is CC(C)(C)OC(=O)CCCCN(CCCCN(CCCN=[N+]=[N-])C(=O)OC(C)(C)C)C(=O)OC(C)(C)C. The quantitative estimate of drug-likeness (QED) is 0.0636.